The van der Waals surface area contributed by atoms with Gasteiger partial charge in [0.25, 0.3) is 0 Å². The van der Waals surface area contributed by atoms with Crippen LogP contribution in [0.4, 0.5) is 0 Å². The molecule has 0 amide bonds. The van der Waals surface area contributed by atoms with Crippen LogP contribution in [0.5, 0.6) is 0 Å². The second-order valence-corrected chi connectivity index (χ2v) is 5.10. The molecule has 2 unspecified atom stereocenters. The number of nitrogens with one attached hydrogen (secondary N) is 1. The molecule has 2 rings (SSSR count). The number of hydrogen-bond donors (Lipinski definition) is 2. The predicted molar refractivity (Wildman–Crippen MR) is 61.9 cm³/mol. The lowest BCUT2D eigenvalue weighted by atomic mass is 9.89. The lowest BCUT2D eigenvalue weighted by molar-refractivity contribution is 0.130. The molecule has 0 saturated carbocycles. The molecule has 3 nitrogen and oxygen atoms in total. The van der Waals surface area contributed by atoms with Gasteiger partial charge in [0.15, 0.2) is 0 Å². The van der Waals surface area contributed by atoms with Gasteiger partial charge in [0.2, 0.25) is 0 Å². The molecule has 2 atom stereocenters. The SMILES string of the molecule is CCN1CCCC1CC1(CO)CCCN1. The van der Waals surface area contributed by atoms with Gasteiger partial charge in [-0.3, -0.25) is 0 Å². The second-order valence-electron chi connectivity index (χ2n) is 5.10. The normalized spacial score (nSPS) is 37.6. The maximum absolute atomic E-state index is 9.55. The topological polar surface area (TPSA) is 35.5 Å². The van der Waals surface area contributed by atoms with Gasteiger partial charge in [0, 0.05) is 11.6 Å². The molecule has 0 bridgehead atoms. The molecule has 2 fully saturated rings. The Morgan fingerprint density at radius 3 is 2.93 bits per heavy atom. The first kappa shape index (κ1) is 11.4. The summed E-state index contributed by atoms with van der Waals surface area (Å²) >= 11 is 0. The molecule has 2 heterocycles. The van der Waals surface area contributed by atoms with Gasteiger partial charge in [-0.2, -0.15) is 0 Å². The highest BCUT2D eigenvalue weighted by Gasteiger charge is 2.37. The van der Waals surface area contributed by atoms with Crippen LogP contribution >= 0.6 is 0 Å². The van der Waals surface area contributed by atoms with Crippen molar-refractivity contribution >= 4 is 0 Å². The molecule has 0 aromatic heterocycles. The van der Waals surface area contributed by atoms with Crippen LogP contribution in [0.15, 0.2) is 0 Å². The number of likely N-dealkylation sites (tertiary alicyclic amines) is 1. The molecular weight excluding hydrogens is 188 g/mol. The van der Waals surface area contributed by atoms with E-state index in [1.54, 1.807) is 0 Å². The monoisotopic (exact) mass is 212 g/mol. The van der Waals surface area contributed by atoms with Crippen LogP contribution in [0, 0.1) is 0 Å². The fourth-order valence-electron chi connectivity index (χ4n) is 3.24. The van der Waals surface area contributed by atoms with E-state index in [1.807, 2.05) is 0 Å². The average molecular weight is 212 g/mol. The van der Waals surface area contributed by atoms with Crippen molar-refractivity contribution in [1.82, 2.24) is 10.2 Å². The maximum Gasteiger partial charge on any atom is 0.0613 e. The smallest absolute Gasteiger partial charge is 0.0613 e. The van der Waals surface area contributed by atoms with E-state index in [0.717, 1.165) is 25.9 Å². The largest absolute Gasteiger partial charge is 0.394 e. The second kappa shape index (κ2) is 4.81. The molecule has 0 aliphatic carbocycles. The van der Waals surface area contributed by atoms with E-state index in [0.29, 0.717) is 12.6 Å². The van der Waals surface area contributed by atoms with E-state index < -0.39 is 0 Å². The molecule has 15 heavy (non-hydrogen) atoms. The molecule has 0 aromatic carbocycles. The van der Waals surface area contributed by atoms with Crippen LogP contribution in [-0.2, 0) is 0 Å². The Labute approximate surface area is 92.8 Å². The van der Waals surface area contributed by atoms with E-state index in [-0.39, 0.29) is 5.54 Å². The van der Waals surface area contributed by atoms with Gasteiger partial charge < -0.3 is 15.3 Å². The molecular formula is C12H24N2O. The number of hydrogen-bond acceptors (Lipinski definition) is 3. The van der Waals surface area contributed by atoms with Gasteiger partial charge in [0.1, 0.15) is 0 Å². The Hall–Kier alpha value is -0.120. The summed E-state index contributed by atoms with van der Waals surface area (Å²) in [7, 11) is 0. The van der Waals surface area contributed by atoms with Crippen LogP contribution in [0.25, 0.3) is 0 Å². The summed E-state index contributed by atoms with van der Waals surface area (Å²) in [6.07, 6.45) is 6.16. The van der Waals surface area contributed by atoms with Crippen molar-refractivity contribution in [3.8, 4) is 0 Å². The highest BCUT2D eigenvalue weighted by Crippen LogP contribution is 2.30. The molecule has 0 aromatic rings. The molecule has 2 saturated heterocycles. The zero-order chi connectivity index (χ0) is 10.7. The summed E-state index contributed by atoms with van der Waals surface area (Å²) in [6.45, 7) is 6.04. The van der Waals surface area contributed by atoms with Crippen LogP contribution in [-0.4, -0.2) is 47.8 Å². The van der Waals surface area contributed by atoms with E-state index in [1.165, 1.54) is 25.8 Å². The van der Waals surface area contributed by atoms with Crippen molar-refractivity contribution in [2.75, 3.05) is 26.2 Å². The Morgan fingerprint density at radius 1 is 1.47 bits per heavy atom. The van der Waals surface area contributed by atoms with E-state index in [4.69, 9.17) is 0 Å². The summed E-state index contributed by atoms with van der Waals surface area (Å²) < 4.78 is 0. The number of rotatable bonds is 4. The molecule has 88 valence electrons. The van der Waals surface area contributed by atoms with Gasteiger partial charge in [-0.05, 0) is 51.7 Å². The third-order valence-corrected chi connectivity index (χ3v) is 4.17. The van der Waals surface area contributed by atoms with Gasteiger partial charge in [-0.25, -0.2) is 0 Å². The quantitative estimate of drug-likeness (QED) is 0.729. The highest BCUT2D eigenvalue weighted by atomic mass is 16.3. The lowest BCUT2D eigenvalue weighted by Crippen LogP contribution is -2.48. The van der Waals surface area contributed by atoms with Crippen molar-refractivity contribution < 1.29 is 5.11 Å². The third-order valence-electron chi connectivity index (χ3n) is 4.17. The highest BCUT2D eigenvalue weighted by molar-refractivity contribution is 4.97. The first-order valence-corrected chi connectivity index (χ1v) is 6.39. The van der Waals surface area contributed by atoms with Crippen LogP contribution in [0.3, 0.4) is 0 Å². The van der Waals surface area contributed by atoms with E-state index in [9.17, 15) is 5.11 Å². The summed E-state index contributed by atoms with van der Waals surface area (Å²) in [5.41, 5.74) is 0.0441. The maximum atomic E-state index is 9.55. The van der Waals surface area contributed by atoms with E-state index in [2.05, 4.69) is 17.1 Å². The minimum atomic E-state index is 0.0441. The zero-order valence-electron chi connectivity index (χ0n) is 9.84. The van der Waals surface area contributed by atoms with Crippen molar-refractivity contribution in [2.24, 2.45) is 0 Å². The molecule has 2 aliphatic heterocycles. The van der Waals surface area contributed by atoms with Crippen LogP contribution in [0.2, 0.25) is 0 Å². The molecule has 0 spiro atoms. The van der Waals surface area contributed by atoms with Crippen molar-refractivity contribution in [2.45, 2.75) is 50.6 Å². The van der Waals surface area contributed by atoms with Crippen molar-refractivity contribution in [1.29, 1.82) is 0 Å². The lowest BCUT2D eigenvalue weighted by Gasteiger charge is -2.33. The zero-order valence-corrected chi connectivity index (χ0v) is 9.84. The minimum absolute atomic E-state index is 0.0441. The molecule has 3 heteroatoms. The Kier molecular flexibility index (Phi) is 3.65. The minimum Gasteiger partial charge on any atom is -0.394 e. The summed E-state index contributed by atoms with van der Waals surface area (Å²) in [4.78, 5) is 2.57. The molecule has 0 radical (unpaired) electrons. The Bertz CT molecular complexity index is 202. The Balaban J connectivity index is 1.94. The Morgan fingerprint density at radius 2 is 2.33 bits per heavy atom. The fraction of sp³-hybridized carbons (Fsp3) is 1.00. The number of nitrogens with zero attached hydrogens (tertiary/aromatic N) is 1. The van der Waals surface area contributed by atoms with Crippen LogP contribution < -0.4 is 5.32 Å². The average Bonchev–Trinajstić information content (AvgIpc) is 2.88. The molecule has 2 N–H and O–H groups in total. The van der Waals surface area contributed by atoms with Gasteiger partial charge in [0.05, 0.1) is 6.61 Å². The summed E-state index contributed by atoms with van der Waals surface area (Å²) in [5.74, 6) is 0. The van der Waals surface area contributed by atoms with Crippen molar-refractivity contribution in [3.63, 3.8) is 0 Å². The van der Waals surface area contributed by atoms with Gasteiger partial charge in [-0.1, -0.05) is 6.92 Å². The van der Waals surface area contributed by atoms with Gasteiger partial charge >= 0.3 is 0 Å². The third kappa shape index (κ3) is 2.35. The standard InChI is InChI=1S/C12H24N2O/c1-2-14-8-3-5-11(14)9-12(10-15)6-4-7-13-12/h11,13,15H,2-10H2,1H3. The first-order valence-electron chi connectivity index (χ1n) is 6.39. The van der Waals surface area contributed by atoms with Crippen molar-refractivity contribution in [3.05, 3.63) is 0 Å². The predicted octanol–water partition coefficient (Wildman–Crippen LogP) is 0.975. The number of aliphatic hydroxyl groups excluding tert-OH is 1. The molecule has 2 aliphatic rings. The van der Waals surface area contributed by atoms with E-state index >= 15 is 0 Å². The fourth-order valence-corrected chi connectivity index (χ4v) is 3.24. The number of aliphatic hydroxyl groups is 1. The van der Waals surface area contributed by atoms with Crippen LogP contribution in [0.1, 0.15) is 39.0 Å². The first-order chi connectivity index (χ1) is 7.29. The summed E-state index contributed by atoms with van der Waals surface area (Å²) in [5, 5.41) is 13.1. The summed E-state index contributed by atoms with van der Waals surface area (Å²) in [6, 6.07) is 0.702. The van der Waals surface area contributed by atoms with Gasteiger partial charge in [-0.15, -0.1) is 0 Å².